The van der Waals surface area contributed by atoms with Crippen LogP contribution in [0.4, 0.5) is 26.3 Å². The molecule has 2 N–H and O–H groups in total. The van der Waals surface area contributed by atoms with E-state index in [0.29, 0.717) is 6.04 Å². The number of hydrogen-bond donors (Lipinski definition) is 2. The van der Waals surface area contributed by atoms with Crippen LogP contribution < -0.4 is 0 Å². The number of carbonyl (C=O) groups is 2. The molecule has 0 spiro atoms. The van der Waals surface area contributed by atoms with Gasteiger partial charge < -0.3 is 14.8 Å². The van der Waals surface area contributed by atoms with E-state index in [4.69, 9.17) is 19.8 Å². The molecule has 0 bridgehead atoms. The van der Waals surface area contributed by atoms with Crippen LogP contribution in [0.25, 0.3) is 0 Å². The molecule has 0 atom stereocenters. The van der Waals surface area contributed by atoms with Gasteiger partial charge in [0.25, 0.3) is 0 Å². The maximum absolute atomic E-state index is 10.6. The maximum atomic E-state index is 10.6. The Morgan fingerprint density at radius 3 is 2.06 bits per heavy atom. The van der Waals surface area contributed by atoms with E-state index >= 15 is 0 Å². The van der Waals surface area contributed by atoms with E-state index in [9.17, 15) is 26.3 Å². The summed E-state index contributed by atoms with van der Waals surface area (Å²) in [5.41, 5.74) is 1.33. The summed E-state index contributed by atoms with van der Waals surface area (Å²) in [5, 5.41) is 17.5. The minimum absolute atomic E-state index is 0.557. The number of carboxylic acids is 2. The average molecular weight is 533 g/mol. The molecule has 0 unspecified atom stereocenters. The second-order valence-electron chi connectivity index (χ2n) is 7.57. The second kappa shape index (κ2) is 12.8. The van der Waals surface area contributed by atoms with Crippen molar-refractivity contribution in [3.63, 3.8) is 0 Å². The zero-order valence-electron chi connectivity index (χ0n) is 19.0. The summed E-state index contributed by atoms with van der Waals surface area (Å²) in [7, 11) is 2.17. The molecule has 0 aromatic carbocycles. The van der Waals surface area contributed by atoms with Crippen LogP contribution in [0.15, 0.2) is 17.8 Å². The van der Waals surface area contributed by atoms with Gasteiger partial charge in [0.1, 0.15) is 10.8 Å². The first kappa shape index (κ1) is 30.3. The van der Waals surface area contributed by atoms with Gasteiger partial charge in [-0.3, -0.25) is 9.80 Å². The molecule has 0 aliphatic carbocycles. The number of rotatable bonds is 5. The smallest absolute Gasteiger partial charge is 0.475 e. The SMILES string of the molecule is CC(C)N(C)Cc1cnc2n1CCN(Cc1nccs1)C2.O=C(O)C(F)(F)F.O=C(O)C(F)(F)F. The number of thiazole rings is 1. The summed E-state index contributed by atoms with van der Waals surface area (Å²) in [6.45, 7) is 9.38. The number of nitrogens with zero attached hydrogens (tertiary/aromatic N) is 5. The molecule has 9 nitrogen and oxygen atoms in total. The van der Waals surface area contributed by atoms with Crippen LogP contribution in [-0.4, -0.2) is 78.5 Å². The van der Waals surface area contributed by atoms with Gasteiger partial charge in [0.15, 0.2) is 0 Å². The predicted octanol–water partition coefficient (Wildman–Crippen LogP) is 3.46. The lowest BCUT2D eigenvalue weighted by Crippen LogP contribution is -2.35. The van der Waals surface area contributed by atoms with Crippen molar-refractivity contribution >= 4 is 23.3 Å². The fourth-order valence-electron chi connectivity index (χ4n) is 2.60. The molecule has 2 aromatic heterocycles. The Bertz CT molecular complexity index is 923. The quantitative estimate of drug-likeness (QED) is 0.563. The second-order valence-corrected chi connectivity index (χ2v) is 8.55. The van der Waals surface area contributed by atoms with Crippen molar-refractivity contribution in [1.29, 1.82) is 0 Å². The van der Waals surface area contributed by atoms with Crippen molar-refractivity contribution in [2.24, 2.45) is 0 Å². The highest BCUT2D eigenvalue weighted by Gasteiger charge is 2.38. The van der Waals surface area contributed by atoms with Gasteiger partial charge in [-0.25, -0.2) is 19.6 Å². The molecule has 2 aromatic rings. The zero-order chi connectivity index (χ0) is 27.0. The van der Waals surface area contributed by atoms with Gasteiger partial charge in [-0.15, -0.1) is 11.3 Å². The summed E-state index contributed by atoms with van der Waals surface area (Å²) in [4.78, 5) is 31.6. The van der Waals surface area contributed by atoms with Gasteiger partial charge >= 0.3 is 24.3 Å². The highest BCUT2D eigenvalue weighted by Crippen LogP contribution is 2.19. The van der Waals surface area contributed by atoms with E-state index in [1.54, 1.807) is 11.3 Å². The minimum atomic E-state index is -5.08. The first-order valence-corrected chi connectivity index (χ1v) is 10.8. The summed E-state index contributed by atoms with van der Waals surface area (Å²) in [5.74, 6) is -4.33. The summed E-state index contributed by atoms with van der Waals surface area (Å²) in [6.07, 6.45) is -6.24. The Hall–Kier alpha value is -2.72. The van der Waals surface area contributed by atoms with Crippen LogP contribution in [0, 0.1) is 0 Å². The number of aromatic nitrogens is 3. The molecule has 0 amide bonds. The molecular weight excluding hydrogens is 508 g/mol. The van der Waals surface area contributed by atoms with Crippen molar-refractivity contribution in [1.82, 2.24) is 24.3 Å². The first-order valence-electron chi connectivity index (χ1n) is 9.96. The van der Waals surface area contributed by atoms with Crippen molar-refractivity contribution in [2.75, 3.05) is 13.6 Å². The minimum Gasteiger partial charge on any atom is -0.475 e. The van der Waals surface area contributed by atoms with Crippen LogP contribution in [0.3, 0.4) is 0 Å². The van der Waals surface area contributed by atoms with E-state index in [-0.39, 0.29) is 0 Å². The molecule has 1 aliphatic rings. The van der Waals surface area contributed by atoms with Crippen LogP contribution in [0.2, 0.25) is 0 Å². The predicted molar refractivity (Wildman–Crippen MR) is 112 cm³/mol. The number of carboxylic acid groups (broad SMARTS) is 2. The largest absolute Gasteiger partial charge is 0.490 e. The Morgan fingerprint density at radius 1 is 1.09 bits per heavy atom. The Kier molecular flexibility index (Phi) is 11.1. The van der Waals surface area contributed by atoms with Gasteiger partial charge in [0, 0.05) is 43.4 Å². The van der Waals surface area contributed by atoms with E-state index in [2.05, 4.69) is 45.2 Å². The molecule has 0 saturated heterocycles. The van der Waals surface area contributed by atoms with E-state index in [0.717, 1.165) is 32.7 Å². The van der Waals surface area contributed by atoms with E-state index in [1.165, 1.54) is 16.5 Å². The van der Waals surface area contributed by atoms with Crippen molar-refractivity contribution < 1.29 is 46.1 Å². The third-order valence-electron chi connectivity index (χ3n) is 4.65. The number of hydrogen-bond acceptors (Lipinski definition) is 7. The molecule has 3 rings (SSSR count). The lowest BCUT2D eigenvalue weighted by atomic mass is 10.3. The number of fused-ring (bicyclic) bond motifs is 1. The van der Waals surface area contributed by atoms with Gasteiger partial charge in [0.2, 0.25) is 0 Å². The van der Waals surface area contributed by atoms with Crippen LogP contribution in [-0.2, 0) is 35.8 Å². The molecule has 0 fully saturated rings. The molecular formula is C19H25F6N5O4S. The van der Waals surface area contributed by atoms with Crippen LogP contribution >= 0.6 is 11.3 Å². The maximum Gasteiger partial charge on any atom is 0.490 e. The van der Waals surface area contributed by atoms with E-state index < -0.39 is 24.3 Å². The highest BCUT2D eigenvalue weighted by molar-refractivity contribution is 7.09. The number of imidazole rings is 1. The zero-order valence-corrected chi connectivity index (χ0v) is 19.8. The molecule has 0 radical (unpaired) electrons. The molecule has 198 valence electrons. The highest BCUT2D eigenvalue weighted by atomic mass is 32.1. The monoisotopic (exact) mass is 533 g/mol. The van der Waals surface area contributed by atoms with Gasteiger partial charge in [-0.2, -0.15) is 26.3 Å². The summed E-state index contributed by atoms with van der Waals surface area (Å²) < 4.78 is 65.9. The summed E-state index contributed by atoms with van der Waals surface area (Å²) in [6, 6.07) is 0.557. The fourth-order valence-corrected chi connectivity index (χ4v) is 3.25. The molecule has 0 saturated carbocycles. The third kappa shape index (κ3) is 10.6. The number of aliphatic carboxylic acids is 2. The van der Waals surface area contributed by atoms with E-state index in [1.807, 2.05) is 17.8 Å². The molecule has 35 heavy (non-hydrogen) atoms. The van der Waals surface area contributed by atoms with Crippen molar-refractivity contribution in [3.05, 3.63) is 34.3 Å². The van der Waals surface area contributed by atoms with Crippen molar-refractivity contribution in [2.45, 2.75) is 58.4 Å². The Balaban J connectivity index is 0.000000362. The Morgan fingerprint density at radius 2 is 1.63 bits per heavy atom. The number of halogens is 6. The molecule has 1 aliphatic heterocycles. The number of alkyl halides is 6. The van der Waals surface area contributed by atoms with Crippen molar-refractivity contribution in [3.8, 4) is 0 Å². The third-order valence-corrected chi connectivity index (χ3v) is 5.41. The summed E-state index contributed by atoms with van der Waals surface area (Å²) >= 11 is 1.73. The lowest BCUT2D eigenvalue weighted by Gasteiger charge is -2.29. The van der Waals surface area contributed by atoms with Crippen LogP contribution in [0.5, 0.6) is 0 Å². The average Bonchev–Trinajstić information content (AvgIpc) is 3.37. The molecule has 3 heterocycles. The van der Waals surface area contributed by atoms with Gasteiger partial charge in [0.05, 0.1) is 18.8 Å². The van der Waals surface area contributed by atoms with Crippen LogP contribution in [0.1, 0.15) is 30.4 Å². The van der Waals surface area contributed by atoms with Gasteiger partial charge in [-0.1, -0.05) is 0 Å². The standard InChI is InChI=1S/C15H23N5S.2C2HF3O2/c1-12(2)18(3)9-13-8-17-14-10-19(5-6-20(13)14)11-15-16-4-7-21-15;2*3-2(4,5)1(6)7/h4,7-8,12H,5-6,9-11H2,1-3H3;2*(H,6,7). The normalized spacial score (nSPS) is 14.0. The molecule has 16 heteroatoms. The Labute approximate surface area is 200 Å². The fraction of sp³-hybridized carbons (Fsp3) is 0.579. The lowest BCUT2D eigenvalue weighted by molar-refractivity contribution is -0.193. The van der Waals surface area contributed by atoms with Gasteiger partial charge in [-0.05, 0) is 20.9 Å². The topological polar surface area (TPSA) is 112 Å². The first-order chi connectivity index (χ1) is 16.0.